The number of hydrogen-bond acceptors (Lipinski definition) is 3. The van der Waals surface area contributed by atoms with Crippen molar-refractivity contribution in [3.63, 3.8) is 0 Å². The lowest BCUT2D eigenvalue weighted by atomic mass is 10.2. The lowest BCUT2D eigenvalue weighted by Crippen LogP contribution is -1.95. The predicted molar refractivity (Wildman–Crippen MR) is 54.8 cm³/mol. The summed E-state index contributed by atoms with van der Waals surface area (Å²) in [5, 5.41) is 0.426. The molecule has 0 spiro atoms. The van der Waals surface area contributed by atoms with E-state index in [0.29, 0.717) is 16.7 Å². The van der Waals surface area contributed by atoms with Crippen molar-refractivity contribution in [2.45, 2.75) is 0 Å². The van der Waals surface area contributed by atoms with E-state index in [9.17, 15) is 4.39 Å². The second kappa shape index (κ2) is 3.73. The number of nitrogens with zero attached hydrogens (tertiary/aromatic N) is 1. The zero-order valence-corrected chi connectivity index (χ0v) is 8.45. The van der Waals surface area contributed by atoms with Crippen LogP contribution in [0.2, 0.25) is 0 Å². The molecule has 2 aromatic rings. The Balaban J connectivity index is 2.81. The second-order valence-electron chi connectivity index (χ2n) is 3.00. The fraction of sp³-hybridized carbons (Fsp3) is 0.182. The van der Waals surface area contributed by atoms with Gasteiger partial charge in [0, 0.05) is 17.6 Å². The third-order valence-electron chi connectivity index (χ3n) is 2.19. The number of fused-ring (bicyclic) bond motifs is 1. The van der Waals surface area contributed by atoms with Crippen molar-refractivity contribution in [1.82, 2.24) is 4.98 Å². The van der Waals surface area contributed by atoms with Gasteiger partial charge in [0.15, 0.2) is 17.3 Å². The number of methoxy groups -OCH3 is 2. The van der Waals surface area contributed by atoms with Crippen molar-refractivity contribution in [1.29, 1.82) is 0 Å². The van der Waals surface area contributed by atoms with Gasteiger partial charge in [-0.2, -0.15) is 0 Å². The summed E-state index contributed by atoms with van der Waals surface area (Å²) in [5.74, 6) is 0.0131. The topological polar surface area (TPSA) is 31.4 Å². The van der Waals surface area contributed by atoms with E-state index in [0.717, 1.165) is 0 Å². The smallest absolute Gasteiger partial charge is 0.197 e. The molecule has 1 aromatic carbocycles. The maximum Gasteiger partial charge on any atom is 0.197 e. The van der Waals surface area contributed by atoms with E-state index in [1.807, 2.05) is 0 Å². The maximum absolute atomic E-state index is 13.9. The molecular weight excluding hydrogens is 197 g/mol. The van der Waals surface area contributed by atoms with Crippen LogP contribution in [-0.2, 0) is 0 Å². The minimum Gasteiger partial charge on any atom is -0.493 e. The van der Waals surface area contributed by atoms with Gasteiger partial charge in [-0.25, -0.2) is 4.39 Å². The highest BCUT2D eigenvalue weighted by Gasteiger charge is 2.14. The largest absolute Gasteiger partial charge is 0.493 e. The van der Waals surface area contributed by atoms with Crippen LogP contribution in [0.25, 0.3) is 10.9 Å². The van der Waals surface area contributed by atoms with Gasteiger partial charge in [0.2, 0.25) is 0 Å². The molecule has 0 aliphatic rings. The Kier molecular flexibility index (Phi) is 2.41. The van der Waals surface area contributed by atoms with Gasteiger partial charge in [0.05, 0.1) is 19.7 Å². The molecule has 0 saturated heterocycles. The Labute approximate surface area is 86.5 Å². The normalized spacial score (nSPS) is 10.3. The Morgan fingerprint density at radius 2 is 2.07 bits per heavy atom. The van der Waals surface area contributed by atoms with Crippen LogP contribution in [0.15, 0.2) is 24.4 Å². The molecule has 0 N–H and O–H groups in total. The summed E-state index contributed by atoms with van der Waals surface area (Å²) in [6.45, 7) is 0. The van der Waals surface area contributed by atoms with E-state index in [1.165, 1.54) is 14.2 Å². The van der Waals surface area contributed by atoms with Crippen LogP contribution in [0.4, 0.5) is 4.39 Å². The Morgan fingerprint density at radius 3 is 2.73 bits per heavy atom. The zero-order valence-electron chi connectivity index (χ0n) is 8.45. The third-order valence-corrected chi connectivity index (χ3v) is 2.19. The lowest BCUT2D eigenvalue weighted by Gasteiger charge is -2.09. The highest BCUT2D eigenvalue weighted by Crippen LogP contribution is 2.34. The minimum absolute atomic E-state index is 0.109. The molecule has 0 saturated carbocycles. The van der Waals surface area contributed by atoms with E-state index >= 15 is 0 Å². The fourth-order valence-corrected chi connectivity index (χ4v) is 1.48. The van der Waals surface area contributed by atoms with E-state index in [2.05, 4.69) is 4.98 Å². The fourth-order valence-electron chi connectivity index (χ4n) is 1.48. The Hall–Kier alpha value is -1.84. The second-order valence-corrected chi connectivity index (χ2v) is 3.00. The van der Waals surface area contributed by atoms with Crippen molar-refractivity contribution in [3.8, 4) is 11.5 Å². The van der Waals surface area contributed by atoms with Crippen molar-refractivity contribution in [2.24, 2.45) is 0 Å². The molecule has 15 heavy (non-hydrogen) atoms. The molecule has 0 bridgehead atoms. The van der Waals surface area contributed by atoms with E-state index in [1.54, 1.807) is 24.4 Å². The predicted octanol–water partition coefficient (Wildman–Crippen LogP) is 2.39. The first-order chi connectivity index (χ1) is 7.27. The monoisotopic (exact) mass is 207 g/mol. The average molecular weight is 207 g/mol. The number of aromatic nitrogens is 1. The van der Waals surface area contributed by atoms with Crippen molar-refractivity contribution in [2.75, 3.05) is 14.2 Å². The van der Waals surface area contributed by atoms with Crippen LogP contribution in [0.1, 0.15) is 0 Å². The first-order valence-electron chi connectivity index (χ1n) is 4.43. The minimum atomic E-state index is -0.444. The molecule has 2 rings (SSSR count). The molecule has 0 aliphatic carbocycles. The molecule has 1 heterocycles. The molecule has 0 radical (unpaired) electrons. The van der Waals surface area contributed by atoms with Crippen LogP contribution in [0.5, 0.6) is 11.5 Å². The summed E-state index contributed by atoms with van der Waals surface area (Å²) >= 11 is 0. The van der Waals surface area contributed by atoms with Gasteiger partial charge in [0.1, 0.15) is 0 Å². The van der Waals surface area contributed by atoms with E-state index in [-0.39, 0.29) is 5.75 Å². The molecule has 0 unspecified atom stereocenters. The molecule has 1 aromatic heterocycles. The van der Waals surface area contributed by atoms with Crippen LogP contribution >= 0.6 is 0 Å². The highest BCUT2D eigenvalue weighted by molar-refractivity contribution is 5.83. The zero-order chi connectivity index (χ0) is 10.8. The molecule has 0 atom stereocenters. The lowest BCUT2D eigenvalue weighted by molar-refractivity contribution is 0.339. The van der Waals surface area contributed by atoms with Gasteiger partial charge >= 0.3 is 0 Å². The van der Waals surface area contributed by atoms with Crippen LogP contribution in [-0.4, -0.2) is 19.2 Å². The summed E-state index contributed by atoms with van der Waals surface area (Å²) in [6.07, 6.45) is 1.60. The summed E-state index contributed by atoms with van der Waals surface area (Å²) in [7, 11) is 2.87. The SMILES string of the molecule is COc1cc2ncccc2c(F)c1OC. The molecule has 3 nitrogen and oxygen atoms in total. The summed E-state index contributed by atoms with van der Waals surface area (Å²) in [6, 6.07) is 4.98. The number of ether oxygens (including phenoxy) is 2. The number of hydrogen-bond donors (Lipinski definition) is 0. The molecule has 0 fully saturated rings. The van der Waals surface area contributed by atoms with E-state index in [4.69, 9.17) is 9.47 Å². The number of rotatable bonds is 2. The first kappa shape index (κ1) is 9.71. The van der Waals surface area contributed by atoms with Gasteiger partial charge < -0.3 is 9.47 Å². The van der Waals surface area contributed by atoms with Crippen LogP contribution in [0, 0.1) is 5.82 Å². The molecule has 78 valence electrons. The average Bonchev–Trinajstić information content (AvgIpc) is 2.29. The third kappa shape index (κ3) is 1.48. The Morgan fingerprint density at radius 1 is 1.27 bits per heavy atom. The van der Waals surface area contributed by atoms with Crippen molar-refractivity contribution < 1.29 is 13.9 Å². The molecular formula is C11H10FNO2. The van der Waals surface area contributed by atoms with Crippen molar-refractivity contribution >= 4 is 10.9 Å². The first-order valence-corrected chi connectivity index (χ1v) is 4.43. The Bertz CT molecular complexity index is 499. The molecule has 4 heteroatoms. The van der Waals surface area contributed by atoms with Crippen LogP contribution in [0.3, 0.4) is 0 Å². The highest BCUT2D eigenvalue weighted by atomic mass is 19.1. The van der Waals surface area contributed by atoms with Gasteiger partial charge in [-0.15, -0.1) is 0 Å². The molecule has 0 amide bonds. The van der Waals surface area contributed by atoms with Gasteiger partial charge in [-0.3, -0.25) is 4.98 Å². The van der Waals surface area contributed by atoms with Crippen molar-refractivity contribution in [3.05, 3.63) is 30.2 Å². The molecule has 0 aliphatic heterocycles. The van der Waals surface area contributed by atoms with Crippen LogP contribution < -0.4 is 9.47 Å². The number of benzene rings is 1. The van der Waals surface area contributed by atoms with Gasteiger partial charge in [-0.1, -0.05) is 0 Å². The summed E-state index contributed by atoms with van der Waals surface area (Å²) in [5.41, 5.74) is 0.549. The number of halogens is 1. The van der Waals surface area contributed by atoms with E-state index < -0.39 is 5.82 Å². The maximum atomic E-state index is 13.9. The summed E-state index contributed by atoms with van der Waals surface area (Å²) in [4.78, 5) is 4.05. The summed E-state index contributed by atoms with van der Waals surface area (Å²) < 4.78 is 23.8. The van der Waals surface area contributed by atoms with Gasteiger partial charge in [0.25, 0.3) is 0 Å². The van der Waals surface area contributed by atoms with Gasteiger partial charge in [-0.05, 0) is 12.1 Å². The number of pyridine rings is 1. The quantitative estimate of drug-likeness (QED) is 0.757. The standard InChI is InChI=1S/C11H10FNO2/c1-14-9-6-8-7(4-3-5-13-8)10(12)11(9)15-2/h3-6H,1-2H3.